The quantitative estimate of drug-likeness (QED) is 0.731. The number of hydrogen-bond donors (Lipinski definition) is 3. The summed E-state index contributed by atoms with van der Waals surface area (Å²) in [5.74, 6) is -0.745. The van der Waals surface area contributed by atoms with E-state index < -0.39 is 15.8 Å². The first kappa shape index (κ1) is 19.3. The van der Waals surface area contributed by atoms with E-state index in [1.54, 1.807) is 19.1 Å². The minimum absolute atomic E-state index is 0.0183. The van der Waals surface area contributed by atoms with Crippen LogP contribution in [0.15, 0.2) is 47.4 Å². The zero-order chi connectivity index (χ0) is 19.4. The summed E-state index contributed by atoms with van der Waals surface area (Å²) >= 11 is 0. The molecule has 8 heteroatoms. The first-order chi connectivity index (χ1) is 12.8. The highest BCUT2D eigenvalue weighted by Gasteiger charge is 2.21. The van der Waals surface area contributed by atoms with E-state index in [1.165, 1.54) is 30.3 Å². The van der Waals surface area contributed by atoms with Gasteiger partial charge in [-0.1, -0.05) is 6.07 Å². The van der Waals surface area contributed by atoms with Gasteiger partial charge in [0.25, 0.3) is 15.9 Å². The van der Waals surface area contributed by atoms with Crippen LogP contribution in [0.2, 0.25) is 0 Å². The van der Waals surface area contributed by atoms with Gasteiger partial charge < -0.3 is 10.6 Å². The van der Waals surface area contributed by atoms with Crippen molar-refractivity contribution in [1.29, 1.82) is 0 Å². The van der Waals surface area contributed by atoms with E-state index in [9.17, 15) is 17.6 Å². The molecule has 0 aliphatic carbocycles. The van der Waals surface area contributed by atoms with Crippen LogP contribution in [-0.2, 0) is 10.0 Å². The van der Waals surface area contributed by atoms with Crippen LogP contribution in [0, 0.1) is 12.7 Å². The van der Waals surface area contributed by atoms with Gasteiger partial charge in [-0.05, 0) is 74.8 Å². The second-order valence-corrected chi connectivity index (χ2v) is 8.24. The number of amides is 1. The smallest absolute Gasteiger partial charge is 0.262 e. The average Bonchev–Trinajstić information content (AvgIpc) is 2.64. The minimum Gasteiger partial charge on any atom is -0.349 e. The van der Waals surface area contributed by atoms with Crippen molar-refractivity contribution in [2.45, 2.75) is 30.7 Å². The molecule has 1 aliphatic rings. The van der Waals surface area contributed by atoms with Gasteiger partial charge in [-0.3, -0.25) is 9.52 Å². The van der Waals surface area contributed by atoms with Crippen LogP contribution in [0.4, 0.5) is 10.1 Å². The highest BCUT2D eigenvalue weighted by atomic mass is 32.2. The molecule has 27 heavy (non-hydrogen) atoms. The predicted molar refractivity (Wildman–Crippen MR) is 102 cm³/mol. The summed E-state index contributed by atoms with van der Waals surface area (Å²) in [6.07, 6.45) is 1.68. The van der Waals surface area contributed by atoms with Gasteiger partial charge in [-0.25, -0.2) is 12.8 Å². The summed E-state index contributed by atoms with van der Waals surface area (Å²) in [5.41, 5.74) is 1.06. The molecule has 144 valence electrons. The van der Waals surface area contributed by atoms with E-state index in [0.29, 0.717) is 11.1 Å². The minimum atomic E-state index is -3.91. The van der Waals surface area contributed by atoms with Gasteiger partial charge in [0.1, 0.15) is 5.82 Å². The third-order valence-corrected chi connectivity index (χ3v) is 6.03. The van der Waals surface area contributed by atoms with Gasteiger partial charge in [0.2, 0.25) is 0 Å². The standard InChI is InChI=1S/C19H22FN3O3S/c1-13-2-3-14(19(24)22-16-8-10-21-11-9-16)12-18(13)27(25,26)23-17-6-4-15(20)5-7-17/h2-7,12,16,21,23H,8-11H2,1H3,(H,22,24). The molecule has 0 atom stereocenters. The number of hydrogen-bond acceptors (Lipinski definition) is 4. The molecule has 0 aromatic heterocycles. The molecule has 2 aromatic carbocycles. The number of piperidine rings is 1. The lowest BCUT2D eigenvalue weighted by Gasteiger charge is -2.23. The number of aryl methyl sites for hydroxylation is 1. The average molecular weight is 391 g/mol. The SMILES string of the molecule is Cc1ccc(C(=O)NC2CCNCC2)cc1S(=O)(=O)Nc1ccc(F)cc1. The Kier molecular flexibility index (Phi) is 5.76. The lowest BCUT2D eigenvalue weighted by molar-refractivity contribution is 0.0929. The van der Waals surface area contributed by atoms with Crippen molar-refractivity contribution in [3.63, 3.8) is 0 Å². The number of carbonyl (C=O) groups excluding carboxylic acids is 1. The Morgan fingerprint density at radius 3 is 2.44 bits per heavy atom. The molecule has 3 rings (SSSR count). The van der Waals surface area contributed by atoms with Crippen molar-refractivity contribution in [3.8, 4) is 0 Å². The van der Waals surface area contributed by atoms with E-state index >= 15 is 0 Å². The van der Waals surface area contributed by atoms with Crippen LogP contribution in [0.3, 0.4) is 0 Å². The molecule has 0 spiro atoms. The Morgan fingerprint density at radius 2 is 1.78 bits per heavy atom. The number of rotatable bonds is 5. The van der Waals surface area contributed by atoms with Crippen LogP contribution in [0.1, 0.15) is 28.8 Å². The lowest BCUT2D eigenvalue weighted by atomic mass is 10.1. The number of nitrogens with one attached hydrogen (secondary N) is 3. The topological polar surface area (TPSA) is 87.3 Å². The maximum Gasteiger partial charge on any atom is 0.262 e. The zero-order valence-electron chi connectivity index (χ0n) is 15.0. The molecule has 1 heterocycles. The van der Waals surface area contributed by atoms with Gasteiger partial charge in [-0.15, -0.1) is 0 Å². The van der Waals surface area contributed by atoms with Crippen LogP contribution in [0.25, 0.3) is 0 Å². The van der Waals surface area contributed by atoms with Crippen molar-refractivity contribution < 1.29 is 17.6 Å². The fraction of sp³-hybridized carbons (Fsp3) is 0.316. The van der Waals surface area contributed by atoms with Gasteiger partial charge in [-0.2, -0.15) is 0 Å². The fourth-order valence-electron chi connectivity index (χ4n) is 2.99. The Bertz CT molecular complexity index is 924. The number of carbonyl (C=O) groups is 1. The maximum atomic E-state index is 13.0. The summed E-state index contributed by atoms with van der Waals surface area (Å²) in [5, 5.41) is 6.18. The first-order valence-corrected chi connectivity index (χ1v) is 10.2. The molecule has 0 bridgehead atoms. The van der Waals surface area contributed by atoms with Gasteiger partial charge in [0.05, 0.1) is 4.90 Å². The highest BCUT2D eigenvalue weighted by molar-refractivity contribution is 7.92. The van der Waals surface area contributed by atoms with Gasteiger partial charge in [0, 0.05) is 17.3 Å². The number of halogens is 1. The summed E-state index contributed by atoms with van der Waals surface area (Å²) in [6.45, 7) is 3.36. The molecule has 2 aromatic rings. The van der Waals surface area contributed by atoms with E-state index in [-0.39, 0.29) is 22.5 Å². The van der Waals surface area contributed by atoms with Crippen molar-refractivity contribution in [2.24, 2.45) is 0 Å². The predicted octanol–water partition coefficient (Wildman–Crippen LogP) is 2.42. The molecule has 3 N–H and O–H groups in total. The molecular weight excluding hydrogens is 369 g/mol. The lowest BCUT2D eigenvalue weighted by Crippen LogP contribution is -2.42. The summed E-state index contributed by atoms with van der Waals surface area (Å²) in [4.78, 5) is 12.5. The molecule has 0 unspecified atom stereocenters. The molecule has 0 saturated carbocycles. The summed E-state index contributed by atoms with van der Waals surface area (Å²) in [7, 11) is -3.91. The normalized spacial score (nSPS) is 15.3. The molecular formula is C19H22FN3O3S. The Morgan fingerprint density at radius 1 is 1.11 bits per heavy atom. The van der Waals surface area contributed by atoms with Crippen LogP contribution >= 0.6 is 0 Å². The molecule has 1 saturated heterocycles. The Labute approximate surface area is 158 Å². The van der Waals surface area contributed by atoms with Crippen molar-refractivity contribution in [3.05, 3.63) is 59.4 Å². The van der Waals surface area contributed by atoms with Gasteiger partial charge >= 0.3 is 0 Å². The maximum absolute atomic E-state index is 13.0. The summed E-state index contributed by atoms with van der Waals surface area (Å²) < 4.78 is 40.9. The van der Waals surface area contributed by atoms with E-state index in [1.807, 2.05) is 0 Å². The van der Waals surface area contributed by atoms with Crippen molar-refractivity contribution in [1.82, 2.24) is 10.6 Å². The Hall–Kier alpha value is -2.45. The number of anilines is 1. The number of sulfonamides is 1. The van der Waals surface area contributed by atoms with Crippen molar-refractivity contribution in [2.75, 3.05) is 17.8 Å². The molecule has 0 radical (unpaired) electrons. The molecule has 1 amide bonds. The van der Waals surface area contributed by atoms with Crippen LogP contribution in [0.5, 0.6) is 0 Å². The molecule has 1 fully saturated rings. The van der Waals surface area contributed by atoms with Crippen LogP contribution < -0.4 is 15.4 Å². The highest BCUT2D eigenvalue weighted by Crippen LogP contribution is 2.21. The Balaban J connectivity index is 1.81. The second kappa shape index (κ2) is 8.06. The molecule has 1 aliphatic heterocycles. The monoisotopic (exact) mass is 391 g/mol. The van der Waals surface area contributed by atoms with E-state index in [0.717, 1.165) is 25.9 Å². The van der Waals surface area contributed by atoms with E-state index in [4.69, 9.17) is 0 Å². The first-order valence-electron chi connectivity index (χ1n) is 8.76. The van der Waals surface area contributed by atoms with E-state index in [2.05, 4.69) is 15.4 Å². The van der Waals surface area contributed by atoms with Crippen LogP contribution in [-0.4, -0.2) is 33.5 Å². The third-order valence-electron chi connectivity index (χ3n) is 4.51. The third kappa shape index (κ3) is 4.84. The fourth-order valence-corrected chi connectivity index (χ4v) is 4.32. The van der Waals surface area contributed by atoms with Crippen molar-refractivity contribution >= 4 is 21.6 Å². The molecule has 6 nitrogen and oxygen atoms in total. The summed E-state index contributed by atoms with van der Waals surface area (Å²) in [6, 6.07) is 9.71. The number of benzene rings is 2. The van der Waals surface area contributed by atoms with Gasteiger partial charge in [0.15, 0.2) is 0 Å². The zero-order valence-corrected chi connectivity index (χ0v) is 15.8. The largest absolute Gasteiger partial charge is 0.349 e. The second-order valence-electron chi connectivity index (χ2n) is 6.59.